The Hall–Kier alpha value is -11.7. The molecule has 0 radical (unpaired) electrons. The molecule has 41 heteroatoms. The van der Waals surface area contributed by atoms with Gasteiger partial charge in [0, 0.05) is 118 Å². The van der Waals surface area contributed by atoms with Crippen molar-refractivity contribution in [3.8, 4) is 46.3 Å². The van der Waals surface area contributed by atoms with Gasteiger partial charge in [-0.25, -0.2) is 8.78 Å². The summed E-state index contributed by atoms with van der Waals surface area (Å²) in [4.78, 5) is 163. The van der Waals surface area contributed by atoms with Crippen molar-refractivity contribution in [3.63, 3.8) is 0 Å². The van der Waals surface area contributed by atoms with E-state index in [4.69, 9.17) is 49.4 Å². The van der Waals surface area contributed by atoms with Crippen molar-refractivity contribution < 1.29 is 154 Å². The molecule has 7 aliphatic rings. The van der Waals surface area contributed by atoms with Gasteiger partial charge in [-0.05, 0) is 201 Å². The van der Waals surface area contributed by atoms with Crippen molar-refractivity contribution in [3.05, 3.63) is 205 Å². The lowest BCUT2D eigenvalue weighted by molar-refractivity contribution is -0.175. The monoisotopic (exact) mass is 2000 g/mol. The highest BCUT2D eigenvalue weighted by Crippen LogP contribution is 2.45. The summed E-state index contributed by atoms with van der Waals surface area (Å²) in [5.41, 5.74) is 8.86. The molecule has 0 aliphatic carbocycles. The second-order valence-corrected chi connectivity index (χ2v) is 38.2. The number of carbonyl (C=O) groups is 14. The number of rotatable bonds is 33. The van der Waals surface area contributed by atoms with Gasteiger partial charge >= 0.3 is 49.8 Å². The molecule has 7 aliphatic heterocycles. The molecule has 7 aromatic rings. The third-order valence-corrected chi connectivity index (χ3v) is 25.6. The Balaban J connectivity index is 0.000000205. The Labute approximate surface area is 844 Å². The minimum Gasteiger partial charge on any atom is -0.535 e. The van der Waals surface area contributed by atoms with Crippen molar-refractivity contribution in [2.24, 2.45) is 5.92 Å². The Morgan fingerprint density at radius 3 is 0.778 bits per heavy atom. The summed E-state index contributed by atoms with van der Waals surface area (Å²) in [6.07, 6.45) is 4.41. The Morgan fingerprint density at radius 2 is 0.576 bits per heavy atom. The fourth-order valence-corrected chi connectivity index (χ4v) is 17.9. The molecule has 1 unspecified atom stereocenters. The Morgan fingerprint density at radius 1 is 0.361 bits per heavy atom. The molecular formula is C103H123B7ClF2NO30. The maximum Gasteiger partial charge on any atom is 0.526 e. The van der Waals surface area contributed by atoms with Crippen LogP contribution in [0.25, 0.3) is 0 Å². The summed E-state index contributed by atoms with van der Waals surface area (Å²) < 4.78 is 62.7. The molecule has 7 heterocycles. The van der Waals surface area contributed by atoms with Gasteiger partial charge in [0.15, 0.2) is 52.0 Å². The average molecular weight is 2000 g/mol. The molecule has 0 aromatic heterocycles. The van der Waals surface area contributed by atoms with Gasteiger partial charge in [0.05, 0.1) is 56.8 Å². The highest BCUT2D eigenvalue weighted by molar-refractivity contribution is 6.50. The number of alkyl halides is 3. The number of fused-ring (bicyclic) bond motifs is 7. The maximum absolute atomic E-state index is 12.3. The number of benzene rings is 7. The third kappa shape index (κ3) is 33.4. The molecule has 14 rings (SSSR count). The zero-order chi connectivity index (χ0) is 107. The summed E-state index contributed by atoms with van der Waals surface area (Å²) in [5, 5.41) is 95.9. The Bertz CT molecular complexity index is 5780. The standard InChI is InChI=1S/C16H21BO4.C15H16BClF2O4.2C15H19BO4.C14H14BNO4.C14H17BO6.C14H17BO4/c1-10(2)7-14(19)9-13-8-12-5-4-6-15(11(3)18)16(12)21-17(13)20;1-8(20)11-4-2-3-9-5-10(16(22)23-15(9)11)6-13(21)12(17)7-14(18)19;2*1-3-5-13(18)9-12-8-11-6-4-7-14(10(2)17)15(11)20-16(12)19;1-9(17)13-4-2-3-10-7-11(8-12(18)5-6-16)15(19)20-14(10)13;1-8(16)11-5-3-4-9-6-10(15(20)21-13(9)11)7-12(17)14(2,18)19;1-3-12(17)8-11-7-10-5-4-6-13(9(2)16)14(10)19-15(11)18/h4-6,10,13,20H,7-9H2,1-3H3;2-4,10,12,14,22H,5-7H2,1H3;2*4,6-7,12,19H,3,5,8-9H2,1-2H3;2-4,11,19H,5,7-8H2,1H3;3-5,10,18-20H,6-7H2,1-2H3;4-6,11,18H,3,7-8H2,1-2H3/t13-;10-,12?;2*12-;11-;10-;11-/m1111111/s1. The first-order valence-corrected chi connectivity index (χ1v) is 48.6. The lowest BCUT2D eigenvalue weighted by Gasteiger charge is -2.29. The normalized spacial score (nSPS) is 17.6. The minimum absolute atomic E-state index is 0.0884. The summed E-state index contributed by atoms with van der Waals surface area (Å²) >= 11 is 5.66. The summed E-state index contributed by atoms with van der Waals surface area (Å²) in [7, 11) is -7.80. The number of para-hydroxylation sites is 7. The third-order valence-electron chi connectivity index (χ3n) is 25.2. The van der Waals surface area contributed by atoms with E-state index in [1.807, 2.05) is 76.2 Å². The summed E-state index contributed by atoms with van der Waals surface area (Å²) in [6.45, 7) is 20.8. The first kappa shape index (κ1) is 117. The first-order valence-electron chi connectivity index (χ1n) is 48.2. The van der Waals surface area contributed by atoms with Gasteiger partial charge in [0.1, 0.15) is 69.2 Å². The second-order valence-electron chi connectivity index (χ2n) is 37.7. The highest BCUT2D eigenvalue weighted by Gasteiger charge is 2.46. The molecule has 8 atom stereocenters. The van der Waals surface area contributed by atoms with Crippen LogP contribution in [0.1, 0.15) is 298 Å². The smallest absolute Gasteiger partial charge is 0.526 e. The van der Waals surface area contributed by atoms with Crippen LogP contribution in [0.15, 0.2) is 127 Å². The molecule has 0 saturated heterocycles. The van der Waals surface area contributed by atoms with Crippen LogP contribution in [0.2, 0.25) is 40.7 Å². The minimum atomic E-state index is -2.66. The average Bonchev–Trinajstić information content (AvgIpc) is 0.939. The quantitative estimate of drug-likeness (QED) is 0.00798. The molecule has 0 saturated carbocycles. The number of carbonyl (C=O) groups excluding carboxylic acids is 14. The van der Waals surface area contributed by atoms with Crippen LogP contribution in [0.4, 0.5) is 8.78 Å². The van der Waals surface area contributed by atoms with Crippen LogP contribution in [0.3, 0.4) is 0 Å². The van der Waals surface area contributed by atoms with Crippen molar-refractivity contribution in [2.45, 2.75) is 290 Å². The SMILES string of the molecule is CC(=O)c1cccc2c1OB(O)[C@@H](CC(=O)C(C)(O)O)C2.CC(=O)c1cccc2c1OB(O)[C@@H](CC(=O)C(Cl)CC(F)F)C2.CC(=O)c1cccc2c1OB(O)[C@@H](CC(=O)CC#N)C2.CC(=O)c1cccc2c1OB(O)[C@@H](CC(=O)CC(C)C)C2.CCC(=O)C[C@H]1Cc2cccc(C(C)=O)c2OB1O.CCCC(=O)C[C@H]1Cc2cccc(C(C)=O)c2OB1O.CCCC(=O)C[C@H]1Cc2cccc(C(C)=O)c2OB1O. The molecular weight excluding hydrogens is 1880 g/mol. The van der Waals surface area contributed by atoms with Gasteiger partial charge in [-0.2, -0.15) is 5.26 Å². The van der Waals surface area contributed by atoms with E-state index >= 15 is 0 Å². The number of ketones is 14. The van der Waals surface area contributed by atoms with E-state index in [0.717, 1.165) is 47.6 Å². The molecule has 0 fully saturated rings. The molecule has 0 spiro atoms. The van der Waals surface area contributed by atoms with Crippen LogP contribution >= 0.6 is 11.6 Å². The lowest BCUT2D eigenvalue weighted by atomic mass is 9.64. The summed E-state index contributed by atoms with van der Waals surface area (Å²) in [6, 6.07) is 38.6. The second kappa shape index (κ2) is 55.0. The number of aliphatic hydroxyl groups is 2. The van der Waals surface area contributed by atoms with Crippen LogP contribution < -0.4 is 32.6 Å². The largest absolute Gasteiger partial charge is 0.535 e. The van der Waals surface area contributed by atoms with E-state index < -0.39 is 97.0 Å². The predicted molar refractivity (Wildman–Crippen MR) is 538 cm³/mol. The van der Waals surface area contributed by atoms with E-state index in [1.54, 1.807) is 91.9 Å². The predicted octanol–water partition coefficient (Wildman–Crippen LogP) is 14.4. The number of nitriles is 1. The van der Waals surface area contributed by atoms with Gasteiger partial charge in [-0.1, -0.05) is 120 Å². The number of hydrogen-bond donors (Lipinski definition) is 9. The molecule has 144 heavy (non-hydrogen) atoms. The van der Waals surface area contributed by atoms with Crippen molar-refractivity contribution in [2.75, 3.05) is 0 Å². The van der Waals surface area contributed by atoms with Gasteiger partial charge in [0.25, 0.3) is 0 Å². The topological polar surface area (TPSA) is 509 Å². The number of halogens is 3. The maximum atomic E-state index is 12.3. The zero-order valence-electron chi connectivity index (χ0n) is 83.2. The zero-order valence-corrected chi connectivity index (χ0v) is 83.9. The molecule has 7 aromatic carbocycles. The van der Waals surface area contributed by atoms with Gasteiger partial charge in [0.2, 0.25) is 12.2 Å². The van der Waals surface area contributed by atoms with Crippen LogP contribution in [0.5, 0.6) is 40.2 Å². The fraction of sp³-hybridized carbons (Fsp3) is 0.447. The molecule has 9 N–H and O–H groups in total. The van der Waals surface area contributed by atoms with E-state index in [1.165, 1.54) is 48.5 Å². The van der Waals surface area contributed by atoms with Gasteiger partial charge in [-0.3, -0.25) is 67.1 Å². The number of hydrogen-bond acceptors (Lipinski definition) is 31. The van der Waals surface area contributed by atoms with Crippen LogP contribution in [-0.2, 0) is 78.5 Å². The van der Waals surface area contributed by atoms with E-state index in [9.17, 15) is 121 Å². The van der Waals surface area contributed by atoms with Gasteiger partial charge < -0.3 is 78.0 Å². The fourth-order valence-electron chi connectivity index (χ4n) is 17.7. The van der Waals surface area contributed by atoms with E-state index in [-0.39, 0.29) is 124 Å². The van der Waals surface area contributed by atoms with Gasteiger partial charge in [-0.15, -0.1) is 11.6 Å². The van der Waals surface area contributed by atoms with Crippen molar-refractivity contribution in [1.82, 2.24) is 0 Å². The van der Waals surface area contributed by atoms with Crippen molar-refractivity contribution in [1.29, 1.82) is 5.26 Å². The Kier molecular flexibility index (Phi) is 44.9. The molecule has 0 bridgehead atoms. The first-order chi connectivity index (χ1) is 68.0. The number of nitrogens with zero attached hydrogens (tertiary/aromatic N) is 1. The molecule has 762 valence electrons. The molecule has 0 amide bonds. The van der Waals surface area contributed by atoms with Crippen molar-refractivity contribution >= 4 is 142 Å². The highest BCUT2D eigenvalue weighted by atomic mass is 35.5. The molecule has 31 nitrogen and oxygen atoms in total. The lowest BCUT2D eigenvalue weighted by Crippen LogP contribution is -2.40. The number of Topliss-reactive ketones (excluding diaryl/α,β-unsaturated/α-hetero) is 14. The van der Waals surface area contributed by atoms with Crippen LogP contribution in [-0.4, -0.2) is 194 Å². The van der Waals surface area contributed by atoms with E-state index in [2.05, 4.69) is 0 Å². The summed E-state index contributed by atoms with van der Waals surface area (Å²) in [5.74, 6) is -3.60. The van der Waals surface area contributed by atoms with E-state index in [0.29, 0.717) is 193 Å². The van der Waals surface area contributed by atoms with Crippen LogP contribution in [0, 0.1) is 17.2 Å².